The van der Waals surface area contributed by atoms with Gasteiger partial charge >= 0.3 is 0 Å². The first kappa shape index (κ1) is 16.8. The number of terminal acetylenes is 1. The molecule has 0 saturated carbocycles. The lowest BCUT2D eigenvalue weighted by molar-refractivity contribution is -0.122. The van der Waals surface area contributed by atoms with Gasteiger partial charge in [0.05, 0.1) is 15.0 Å². The molecule has 0 unspecified atom stereocenters. The standard InChI is InChI=1S/C15H11Cl2NO3S/c1-3-5-21-13-10(16)6-9(7-11(13)17)8-12-14(19)18(4-2)15(20)22-12/h1,6-8H,4-5H2,2H3/b12-8+. The van der Waals surface area contributed by atoms with Gasteiger partial charge in [0.2, 0.25) is 0 Å². The molecule has 4 nitrogen and oxygen atoms in total. The van der Waals surface area contributed by atoms with E-state index in [4.69, 9.17) is 34.4 Å². The molecule has 2 rings (SSSR count). The molecule has 1 aliphatic rings. The number of likely N-dealkylation sites (N-methyl/N-ethyl adjacent to an activating group) is 1. The van der Waals surface area contributed by atoms with Crippen molar-refractivity contribution in [2.75, 3.05) is 13.2 Å². The summed E-state index contributed by atoms with van der Waals surface area (Å²) < 4.78 is 5.26. The van der Waals surface area contributed by atoms with Crippen molar-refractivity contribution < 1.29 is 14.3 Å². The number of thioether (sulfide) groups is 1. The first-order chi connectivity index (χ1) is 10.5. The average molecular weight is 356 g/mol. The maximum atomic E-state index is 12.0. The Morgan fingerprint density at radius 2 is 2.00 bits per heavy atom. The van der Waals surface area contributed by atoms with E-state index >= 15 is 0 Å². The fraction of sp³-hybridized carbons (Fsp3) is 0.200. The Kier molecular flexibility index (Phi) is 5.41. The molecule has 1 aromatic rings. The van der Waals surface area contributed by atoms with E-state index in [0.717, 1.165) is 11.8 Å². The predicted molar refractivity (Wildman–Crippen MR) is 89.1 cm³/mol. The Morgan fingerprint density at radius 1 is 1.36 bits per heavy atom. The summed E-state index contributed by atoms with van der Waals surface area (Å²) in [5.41, 5.74) is 0.602. The van der Waals surface area contributed by atoms with Gasteiger partial charge in [0, 0.05) is 6.54 Å². The lowest BCUT2D eigenvalue weighted by Crippen LogP contribution is -2.27. The summed E-state index contributed by atoms with van der Waals surface area (Å²) >= 11 is 13.1. The SMILES string of the molecule is C#CCOc1c(Cl)cc(/C=C2/SC(=O)N(CC)C2=O)cc1Cl. The van der Waals surface area contributed by atoms with E-state index in [1.165, 1.54) is 4.90 Å². The van der Waals surface area contributed by atoms with E-state index in [-0.39, 0.29) is 27.8 Å². The molecule has 1 heterocycles. The Bertz CT molecular complexity index is 686. The first-order valence-corrected chi connectivity index (χ1v) is 7.85. The Balaban J connectivity index is 2.32. The van der Waals surface area contributed by atoms with Gasteiger partial charge in [-0.1, -0.05) is 29.1 Å². The van der Waals surface area contributed by atoms with Crippen molar-refractivity contribution in [3.63, 3.8) is 0 Å². The van der Waals surface area contributed by atoms with Crippen LogP contribution in [0.1, 0.15) is 12.5 Å². The van der Waals surface area contributed by atoms with Crippen LogP contribution in [0.2, 0.25) is 10.0 Å². The highest BCUT2D eigenvalue weighted by Gasteiger charge is 2.33. The van der Waals surface area contributed by atoms with E-state index < -0.39 is 0 Å². The van der Waals surface area contributed by atoms with Crippen molar-refractivity contribution in [3.05, 3.63) is 32.6 Å². The van der Waals surface area contributed by atoms with Gasteiger partial charge in [-0.05, 0) is 42.5 Å². The number of ether oxygens (including phenoxy) is 1. The van der Waals surface area contributed by atoms with E-state index in [9.17, 15) is 9.59 Å². The topological polar surface area (TPSA) is 46.6 Å². The lowest BCUT2D eigenvalue weighted by atomic mass is 10.2. The van der Waals surface area contributed by atoms with Crippen LogP contribution in [0, 0.1) is 12.3 Å². The molecule has 0 atom stereocenters. The molecule has 0 N–H and O–H groups in total. The van der Waals surface area contributed by atoms with Crippen molar-refractivity contribution in [1.29, 1.82) is 0 Å². The number of hydrogen-bond acceptors (Lipinski definition) is 4. The molecule has 0 aromatic heterocycles. The first-order valence-electron chi connectivity index (χ1n) is 6.28. The fourth-order valence-electron chi connectivity index (χ4n) is 1.84. The van der Waals surface area contributed by atoms with Gasteiger partial charge in [-0.25, -0.2) is 0 Å². The van der Waals surface area contributed by atoms with Gasteiger partial charge in [0.1, 0.15) is 6.61 Å². The number of rotatable bonds is 4. The summed E-state index contributed by atoms with van der Waals surface area (Å²) in [4.78, 5) is 25.2. The van der Waals surface area contributed by atoms with E-state index in [1.807, 2.05) is 0 Å². The molecule has 1 saturated heterocycles. The highest BCUT2D eigenvalue weighted by molar-refractivity contribution is 8.18. The molecular weight excluding hydrogens is 345 g/mol. The van der Waals surface area contributed by atoms with Gasteiger partial charge in [-0.2, -0.15) is 0 Å². The maximum Gasteiger partial charge on any atom is 0.293 e. The van der Waals surface area contributed by atoms with Crippen LogP contribution in [0.4, 0.5) is 4.79 Å². The smallest absolute Gasteiger partial charge is 0.293 e. The molecule has 0 spiro atoms. The summed E-state index contributed by atoms with van der Waals surface area (Å²) in [6, 6.07) is 3.19. The monoisotopic (exact) mass is 355 g/mol. The molecule has 0 bridgehead atoms. The highest BCUT2D eigenvalue weighted by Crippen LogP contribution is 2.37. The number of carbonyl (C=O) groups excluding carboxylic acids is 2. The van der Waals surface area contributed by atoms with Crippen molar-refractivity contribution in [2.45, 2.75) is 6.92 Å². The maximum absolute atomic E-state index is 12.0. The zero-order valence-electron chi connectivity index (χ0n) is 11.6. The second-order valence-corrected chi connectivity index (χ2v) is 6.04. The molecule has 114 valence electrons. The Hall–Kier alpha value is -1.61. The minimum atomic E-state index is -0.322. The van der Waals surface area contributed by atoms with Crippen LogP contribution in [-0.2, 0) is 4.79 Å². The third kappa shape index (κ3) is 3.41. The predicted octanol–water partition coefficient (Wildman–Crippen LogP) is 4.06. The summed E-state index contributed by atoms with van der Waals surface area (Å²) in [6.45, 7) is 2.13. The van der Waals surface area contributed by atoms with E-state index in [2.05, 4.69) is 5.92 Å². The Morgan fingerprint density at radius 3 is 2.50 bits per heavy atom. The minimum absolute atomic E-state index is 0.0498. The van der Waals surface area contributed by atoms with Crippen LogP contribution in [0.15, 0.2) is 17.0 Å². The van der Waals surface area contributed by atoms with Crippen molar-refractivity contribution >= 4 is 52.2 Å². The molecule has 2 amide bonds. The number of hydrogen-bond donors (Lipinski definition) is 0. The molecule has 0 aliphatic carbocycles. The zero-order chi connectivity index (χ0) is 16.3. The number of imide groups is 1. The number of benzene rings is 1. The summed E-state index contributed by atoms with van der Waals surface area (Å²) in [5, 5.41) is 0.275. The summed E-state index contributed by atoms with van der Waals surface area (Å²) in [7, 11) is 0. The van der Waals surface area contributed by atoms with Crippen LogP contribution in [0.3, 0.4) is 0 Å². The third-order valence-corrected chi connectivity index (χ3v) is 4.28. The zero-order valence-corrected chi connectivity index (χ0v) is 13.9. The van der Waals surface area contributed by atoms with Crippen molar-refractivity contribution in [1.82, 2.24) is 4.90 Å². The van der Waals surface area contributed by atoms with Crippen LogP contribution in [-0.4, -0.2) is 29.2 Å². The quantitative estimate of drug-likeness (QED) is 0.603. The fourth-order valence-corrected chi connectivity index (χ4v) is 3.35. The van der Waals surface area contributed by atoms with E-state index in [0.29, 0.717) is 22.8 Å². The largest absolute Gasteiger partial charge is 0.478 e. The summed E-state index contributed by atoms with van der Waals surface area (Å²) in [6.07, 6.45) is 6.69. The molecular formula is C15H11Cl2NO3S. The van der Waals surface area contributed by atoms with Crippen molar-refractivity contribution in [3.8, 4) is 18.1 Å². The third-order valence-electron chi connectivity index (χ3n) is 2.81. The summed E-state index contributed by atoms with van der Waals surface area (Å²) in [5.74, 6) is 2.29. The average Bonchev–Trinajstić information content (AvgIpc) is 2.72. The van der Waals surface area contributed by atoms with Gasteiger partial charge in [0.15, 0.2) is 5.75 Å². The molecule has 22 heavy (non-hydrogen) atoms. The van der Waals surface area contributed by atoms with Gasteiger partial charge in [0.25, 0.3) is 11.1 Å². The van der Waals surface area contributed by atoms with E-state index in [1.54, 1.807) is 25.1 Å². The van der Waals surface area contributed by atoms with Gasteiger partial charge < -0.3 is 4.74 Å². The van der Waals surface area contributed by atoms with Crippen LogP contribution in [0.5, 0.6) is 5.75 Å². The molecule has 1 aliphatic heterocycles. The second kappa shape index (κ2) is 7.10. The van der Waals surface area contributed by atoms with Gasteiger partial charge in [-0.3, -0.25) is 14.5 Å². The number of halogens is 2. The highest BCUT2D eigenvalue weighted by atomic mass is 35.5. The van der Waals surface area contributed by atoms with Crippen LogP contribution in [0.25, 0.3) is 6.08 Å². The molecule has 0 radical (unpaired) electrons. The molecule has 7 heteroatoms. The number of amides is 2. The van der Waals surface area contributed by atoms with Crippen LogP contribution >= 0.6 is 35.0 Å². The molecule has 1 fully saturated rings. The molecule has 1 aromatic carbocycles. The number of carbonyl (C=O) groups is 2. The van der Waals surface area contributed by atoms with Crippen molar-refractivity contribution in [2.24, 2.45) is 0 Å². The lowest BCUT2D eigenvalue weighted by Gasteiger charge is -2.09. The number of nitrogens with zero attached hydrogens (tertiary/aromatic N) is 1. The second-order valence-electron chi connectivity index (χ2n) is 4.23. The normalized spacial score (nSPS) is 16.3. The minimum Gasteiger partial charge on any atom is -0.478 e. The van der Waals surface area contributed by atoms with Gasteiger partial charge in [-0.15, -0.1) is 6.42 Å². The van der Waals surface area contributed by atoms with Crippen LogP contribution < -0.4 is 4.74 Å². The Labute approximate surface area is 142 Å².